The van der Waals surface area contributed by atoms with E-state index in [0.29, 0.717) is 13.0 Å². The molecule has 19 heavy (non-hydrogen) atoms. The van der Waals surface area contributed by atoms with E-state index < -0.39 is 0 Å². The third-order valence-corrected chi connectivity index (χ3v) is 3.66. The second-order valence-electron chi connectivity index (χ2n) is 5.16. The van der Waals surface area contributed by atoms with E-state index in [2.05, 4.69) is 20.9 Å². The number of nitrogens with one attached hydrogen (secondary N) is 1. The van der Waals surface area contributed by atoms with Gasteiger partial charge in [-0.15, -0.1) is 0 Å². The van der Waals surface area contributed by atoms with Crippen LogP contribution in [-0.2, 0) is 17.8 Å². The average molecular weight is 260 g/mol. The highest BCUT2D eigenvalue weighted by atomic mass is 16.2. The van der Waals surface area contributed by atoms with Gasteiger partial charge in [-0.05, 0) is 19.8 Å². The summed E-state index contributed by atoms with van der Waals surface area (Å²) in [4.78, 5) is 16.6. The van der Waals surface area contributed by atoms with Gasteiger partial charge in [-0.3, -0.25) is 4.79 Å². The monoisotopic (exact) mass is 260 g/mol. The van der Waals surface area contributed by atoms with Gasteiger partial charge in [0.2, 0.25) is 5.91 Å². The molecule has 0 aliphatic carbocycles. The zero-order chi connectivity index (χ0) is 13.8. The van der Waals surface area contributed by atoms with E-state index in [9.17, 15) is 4.79 Å². The van der Waals surface area contributed by atoms with E-state index in [1.807, 2.05) is 20.0 Å². The summed E-state index contributed by atoms with van der Waals surface area (Å²) in [5.74, 6) is 1.14. The Labute approximate surface area is 113 Å². The number of carbonyl (C=O) groups is 1. The first-order valence-corrected chi connectivity index (χ1v) is 6.84. The van der Waals surface area contributed by atoms with Crippen LogP contribution >= 0.6 is 0 Å². The molecule has 0 spiro atoms. The molecule has 5 nitrogen and oxygen atoms in total. The summed E-state index contributed by atoms with van der Waals surface area (Å²) in [7, 11) is 0. The minimum atomic E-state index is -0.0246. The van der Waals surface area contributed by atoms with E-state index >= 15 is 0 Å². The predicted octanol–water partition coefficient (Wildman–Crippen LogP) is 1.56. The summed E-state index contributed by atoms with van der Waals surface area (Å²) < 4.78 is 2.08. The highest BCUT2D eigenvalue weighted by molar-refractivity contribution is 5.79. The van der Waals surface area contributed by atoms with E-state index in [4.69, 9.17) is 5.26 Å². The van der Waals surface area contributed by atoms with Crippen LogP contribution in [0.5, 0.6) is 0 Å². The molecule has 0 fully saturated rings. The topological polar surface area (TPSA) is 70.7 Å². The van der Waals surface area contributed by atoms with Crippen molar-refractivity contribution < 1.29 is 4.79 Å². The number of imidazole rings is 1. The fourth-order valence-corrected chi connectivity index (χ4v) is 2.53. The summed E-state index contributed by atoms with van der Waals surface area (Å²) in [6.45, 7) is 4.66. The Kier molecular flexibility index (Phi) is 4.20. The van der Waals surface area contributed by atoms with Crippen LogP contribution in [0.3, 0.4) is 0 Å². The van der Waals surface area contributed by atoms with Gasteiger partial charge in [-0.25, -0.2) is 4.98 Å². The summed E-state index contributed by atoms with van der Waals surface area (Å²) in [5.41, 5.74) is 1.01. The standard InChI is InChI=1S/C14H20N4O/c1-3-12(6-7-15)17-14(19)11-4-5-13-16-10(2)8-18(13)9-11/h8,11-12H,3-6,9H2,1-2H3,(H,17,19). The Bertz CT molecular complexity index is 500. The summed E-state index contributed by atoms with van der Waals surface area (Å²) in [6.07, 6.45) is 4.86. The van der Waals surface area contributed by atoms with Gasteiger partial charge in [-0.2, -0.15) is 5.26 Å². The number of hydrogen-bond donors (Lipinski definition) is 1. The lowest BCUT2D eigenvalue weighted by atomic mass is 9.97. The van der Waals surface area contributed by atoms with Crippen molar-refractivity contribution >= 4 is 5.91 Å². The normalized spacial score (nSPS) is 19.3. The van der Waals surface area contributed by atoms with Gasteiger partial charge in [-0.1, -0.05) is 6.92 Å². The third kappa shape index (κ3) is 3.14. The van der Waals surface area contributed by atoms with Gasteiger partial charge in [0.15, 0.2) is 0 Å². The van der Waals surface area contributed by atoms with Gasteiger partial charge in [0, 0.05) is 25.2 Å². The van der Waals surface area contributed by atoms with E-state index in [1.165, 1.54) is 0 Å². The molecule has 1 amide bonds. The molecule has 0 saturated heterocycles. The maximum atomic E-state index is 12.2. The van der Waals surface area contributed by atoms with Crippen LogP contribution in [0.2, 0.25) is 0 Å². The molecule has 2 heterocycles. The SMILES string of the molecule is CCC(CC#N)NC(=O)C1CCc2nc(C)cn2C1. The number of hydrogen-bond acceptors (Lipinski definition) is 3. The molecule has 1 aliphatic heterocycles. The van der Waals surface area contributed by atoms with Gasteiger partial charge < -0.3 is 9.88 Å². The molecule has 1 aromatic heterocycles. The molecular weight excluding hydrogens is 240 g/mol. The summed E-state index contributed by atoms with van der Waals surface area (Å²) in [6, 6.07) is 2.09. The molecule has 5 heteroatoms. The molecule has 0 bridgehead atoms. The third-order valence-electron chi connectivity index (χ3n) is 3.66. The number of nitriles is 1. The Morgan fingerprint density at radius 1 is 1.74 bits per heavy atom. The van der Waals surface area contributed by atoms with Gasteiger partial charge in [0.05, 0.1) is 24.1 Å². The molecule has 1 aliphatic rings. The zero-order valence-electron chi connectivity index (χ0n) is 11.5. The highest BCUT2D eigenvalue weighted by Crippen LogP contribution is 2.20. The first-order chi connectivity index (χ1) is 9.13. The number of carbonyl (C=O) groups excluding carboxylic acids is 1. The van der Waals surface area contributed by atoms with Crippen LogP contribution in [0.15, 0.2) is 6.20 Å². The number of amides is 1. The first-order valence-electron chi connectivity index (χ1n) is 6.84. The number of aromatic nitrogens is 2. The molecule has 1 N–H and O–H groups in total. The smallest absolute Gasteiger partial charge is 0.225 e. The molecule has 2 atom stereocenters. The zero-order valence-corrected chi connectivity index (χ0v) is 11.5. The fourth-order valence-electron chi connectivity index (χ4n) is 2.53. The minimum Gasteiger partial charge on any atom is -0.352 e. The van der Waals surface area contributed by atoms with Gasteiger partial charge in [0.25, 0.3) is 0 Å². The van der Waals surface area contributed by atoms with Crippen molar-refractivity contribution in [3.8, 4) is 6.07 Å². The number of aryl methyl sites for hydroxylation is 2. The van der Waals surface area contributed by atoms with Crippen LogP contribution in [0, 0.1) is 24.2 Å². The highest BCUT2D eigenvalue weighted by Gasteiger charge is 2.26. The lowest BCUT2D eigenvalue weighted by molar-refractivity contribution is -0.126. The van der Waals surface area contributed by atoms with Crippen LogP contribution in [0.25, 0.3) is 0 Å². The maximum absolute atomic E-state index is 12.2. The fraction of sp³-hybridized carbons (Fsp3) is 0.643. The Morgan fingerprint density at radius 2 is 2.53 bits per heavy atom. The number of rotatable bonds is 4. The van der Waals surface area contributed by atoms with Crippen LogP contribution < -0.4 is 5.32 Å². The molecule has 1 aromatic rings. The van der Waals surface area contributed by atoms with E-state index in [0.717, 1.165) is 30.8 Å². The van der Waals surface area contributed by atoms with Crippen LogP contribution in [0.4, 0.5) is 0 Å². The largest absolute Gasteiger partial charge is 0.352 e. The summed E-state index contributed by atoms with van der Waals surface area (Å²) in [5, 5.41) is 11.7. The van der Waals surface area contributed by atoms with E-state index in [1.54, 1.807) is 0 Å². The maximum Gasteiger partial charge on any atom is 0.225 e. The molecule has 0 radical (unpaired) electrons. The van der Waals surface area contributed by atoms with Gasteiger partial charge >= 0.3 is 0 Å². The predicted molar refractivity (Wildman–Crippen MR) is 71.2 cm³/mol. The van der Waals surface area contributed by atoms with Crippen molar-refractivity contribution in [3.05, 3.63) is 17.7 Å². The summed E-state index contributed by atoms with van der Waals surface area (Å²) >= 11 is 0. The Balaban J connectivity index is 1.97. The molecule has 0 aromatic carbocycles. The van der Waals surface area contributed by atoms with Crippen molar-refractivity contribution in [2.45, 2.75) is 52.1 Å². The molecule has 2 rings (SSSR count). The van der Waals surface area contributed by atoms with Crippen LogP contribution in [0.1, 0.15) is 37.7 Å². The minimum absolute atomic E-state index is 0.00570. The number of nitrogens with zero attached hydrogens (tertiary/aromatic N) is 3. The van der Waals surface area contributed by atoms with E-state index in [-0.39, 0.29) is 17.9 Å². The van der Waals surface area contributed by atoms with Gasteiger partial charge in [0.1, 0.15) is 5.82 Å². The first kappa shape index (κ1) is 13.6. The molecule has 102 valence electrons. The average Bonchev–Trinajstić information content (AvgIpc) is 2.76. The molecule has 2 unspecified atom stereocenters. The molecular formula is C14H20N4O. The van der Waals surface area contributed by atoms with Crippen molar-refractivity contribution in [3.63, 3.8) is 0 Å². The van der Waals surface area contributed by atoms with Crippen molar-refractivity contribution in [2.24, 2.45) is 5.92 Å². The number of fused-ring (bicyclic) bond motifs is 1. The lowest BCUT2D eigenvalue weighted by Gasteiger charge is -2.24. The molecule has 0 saturated carbocycles. The second kappa shape index (κ2) is 5.87. The van der Waals surface area contributed by atoms with Crippen molar-refractivity contribution in [1.29, 1.82) is 5.26 Å². The van der Waals surface area contributed by atoms with Crippen molar-refractivity contribution in [1.82, 2.24) is 14.9 Å². The quantitative estimate of drug-likeness (QED) is 0.893. The Morgan fingerprint density at radius 3 is 3.21 bits per heavy atom. The Hall–Kier alpha value is -1.83. The lowest BCUT2D eigenvalue weighted by Crippen LogP contribution is -2.41. The van der Waals surface area contributed by atoms with Crippen LogP contribution in [-0.4, -0.2) is 21.5 Å². The van der Waals surface area contributed by atoms with Crippen molar-refractivity contribution in [2.75, 3.05) is 0 Å². The second-order valence-corrected chi connectivity index (χ2v) is 5.16.